The molecule has 0 amide bonds. The normalized spacial score (nSPS) is 30.6. The SMILES string of the molecule is CC1(C)CCC2(CC1)CC(=O)CCO2. The molecule has 1 aliphatic carbocycles. The summed E-state index contributed by atoms with van der Waals surface area (Å²) in [6.45, 7) is 5.27. The average Bonchev–Trinajstić information content (AvgIpc) is 2.12. The summed E-state index contributed by atoms with van der Waals surface area (Å²) in [6, 6.07) is 0. The lowest BCUT2D eigenvalue weighted by Crippen LogP contribution is -2.44. The first kappa shape index (κ1) is 10.2. The summed E-state index contributed by atoms with van der Waals surface area (Å²) < 4.78 is 5.85. The van der Waals surface area contributed by atoms with Crippen LogP contribution in [0.3, 0.4) is 0 Å². The fourth-order valence-corrected chi connectivity index (χ4v) is 2.58. The second-order valence-corrected chi connectivity index (χ2v) is 5.66. The van der Waals surface area contributed by atoms with Crippen molar-refractivity contribution < 1.29 is 9.53 Å². The summed E-state index contributed by atoms with van der Waals surface area (Å²) in [6.07, 6.45) is 5.84. The van der Waals surface area contributed by atoms with Crippen molar-refractivity contribution in [1.82, 2.24) is 0 Å². The van der Waals surface area contributed by atoms with E-state index in [1.807, 2.05) is 0 Å². The quantitative estimate of drug-likeness (QED) is 0.595. The van der Waals surface area contributed by atoms with Crippen molar-refractivity contribution in [2.45, 2.75) is 58.0 Å². The molecular formula is C12H20O2. The second kappa shape index (κ2) is 3.34. The van der Waals surface area contributed by atoms with Gasteiger partial charge in [-0.2, -0.15) is 0 Å². The third-order valence-electron chi connectivity index (χ3n) is 3.82. The van der Waals surface area contributed by atoms with Crippen LogP contribution in [0.5, 0.6) is 0 Å². The highest BCUT2D eigenvalue weighted by Gasteiger charge is 2.42. The van der Waals surface area contributed by atoms with Gasteiger partial charge in [-0.3, -0.25) is 4.79 Å². The van der Waals surface area contributed by atoms with Crippen LogP contribution < -0.4 is 0 Å². The molecule has 80 valence electrons. The molecule has 14 heavy (non-hydrogen) atoms. The van der Waals surface area contributed by atoms with E-state index in [0.717, 1.165) is 12.8 Å². The van der Waals surface area contributed by atoms with Crippen LogP contribution in [0.1, 0.15) is 52.4 Å². The Hall–Kier alpha value is -0.370. The molecule has 2 nitrogen and oxygen atoms in total. The molecular weight excluding hydrogens is 176 g/mol. The third-order valence-corrected chi connectivity index (χ3v) is 3.82. The summed E-state index contributed by atoms with van der Waals surface area (Å²) in [5.41, 5.74) is 0.389. The van der Waals surface area contributed by atoms with E-state index in [0.29, 0.717) is 30.6 Å². The Morgan fingerprint density at radius 3 is 2.36 bits per heavy atom. The zero-order valence-corrected chi connectivity index (χ0v) is 9.27. The third kappa shape index (κ3) is 2.00. The highest BCUT2D eigenvalue weighted by Crippen LogP contribution is 2.44. The number of rotatable bonds is 0. The Balaban J connectivity index is 2.01. The zero-order valence-electron chi connectivity index (χ0n) is 9.27. The molecule has 1 spiro atoms. The highest BCUT2D eigenvalue weighted by atomic mass is 16.5. The van der Waals surface area contributed by atoms with Gasteiger partial charge in [-0.15, -0.1) is 0 Å². The average molecular weight is 196 g/mol. The van der Waals surface area contributed by atoms with E-state index < -0.39 is 0 Å². The van der Waals surface area contributed by atoms with Gasteiger partial charge < -0.3 is 4.74 Å². The number of carbonyl (C=O) groups is 1. The predicted molar refractivity (Wildman–Crippen MR) is 55.2 cm³/mol. The maximum atomic E-state index is 11.4. The number of ether oxygens (including phenoxy) is 1. The highest BCUT2D eigenvalue weighted by molar-refractivity contribution is 5.80. The van der Waals surface area contributed by atoms with Gasteiger partial charge in [0.05, 0.1) is 12.2 Å². The van der Waals surface area contributed by atoms with E-state index >= 15 is 0 Å². The molecule has 1 aliphatic heterocycles. The standard InChI is InChI=1S/C12H20O2/c1-11(2)4-6-12(7-5-11)9-10(13)3-8-14-12/h3-9H2,1-2H3. The Morgan fingerprint density at radius 2 is 1.79 bits per heavy atom. The van der Waals surface area contributed by atoms with Crippen LogP contribution in [0, 0.1) is 5.41 Å². The first-order valence-electron chi connectivity index (χ1n) is 5.67. The number of hydrogen-bond donors (Lipinski definition) is 0. The molecule has 2 aliphatic rings. The molecule has 1 saturated heterocycles. The molecule has 0 N–H and O–H groups in total. The van der Waals surface area contributed by atoms with E-state index in [9.17, 15) is 4.79 Å². The molecule has 0 radical (unpaired) electrons. The lowest BCUT2D eigenvalue weighted by molar-refractivity contribution is -0.148. The van der Waals surface area contributed by atoms with Crippen molar-refractivity contribution >= 4 is 5.78 Å². The van der Waals surface area contributed by atoms with Gasteiger partial charge in [0.25, 0.3) is 0 Å². The Bertz CT molecular complexity index is 233. The molecule has 0 aromatic rings. The van der Waals surface area contributed by atoms with Crippen LogP contribution in [0.2, 0.25) is 0 Å². The van der Waals surface area contributed by atoms with Crippen molar-refractivity contribution in [3.8, 4) is 0 Å². The van der Waals surface area contributed by atoms with Gasteiger partial charge in [0, 0.05) is 12.8 Å². The smallest absolute Gasteiger partial charge is 0.138 e. The van der Waals surface area contributed by atoms with E-state index in [1.54, 1.807) is 0 Å². The van der Waals surface area contributed by atoms with Crippen LogP contribution in [-0.2, 0) is 9.53 Å². The van der Waals surface area contributed by atoms with Gasteiger partial charge in [0.15, 0.2) is 0 Å². The molecule has 0 aromatic heterocycles. The van der Waals surface area contributed by atoms with Crippen molar-refractivity contribution in [2.24, 2.45) is 5.41 Å². The van der Waals surface area contributed by atoms with Crippen LogP contribution >= 0.6 is 0 Å². The predicted octanol–water partition coefficient (Wildman–Crippen LogP) is 2.70. The molecule has 0 bridgehead atoms. The van der Waals surface area contributed by atoms with E-state index in [1.165, 1.54) is 12.8 Å². The first-order chi connectivity index (χ1) is 6.52. The van der Waals surface area contributed by atoms with Gasteiger partial charge in [-0.25, -0.2) is 0 Å². The van der Waals surface area contributed by atoms with Crippen molar-refractivity contribution in [3.05, 3.63) is 0 Å². The van der Waals surface area contributed by atoms with Crippen LogP contribution in [0.4, 0.5) is 0 Å². The molecule has 1 heterocycles. The van der Waals surface area contributed by atoms with Gasteiger partial charge in [0.1, 0.15) is 5.78 Å². The van der Waals surface area contributed by atoms with Crippen LogP contribution in [0.15, 0.2) is 0 Å². The Morgan fingerprint density at radius 1 is 1.14 bits per heavy atom. The van der Waals surface area contributed by atoms with E-state index in [4.69, 9.17) is 4.74 Å². The summed E-state index contributed by atoms with van der Waals surface area (Å²) >= 11 is 0. The van der Waals surface area contributed by atoms with Gasteiger partial charge in [-0.05, 0) is 31.1 Å². The lowest BCUT2D eigenvalue weighted by Gasteiger charge is -2.44. The van der Waals surface area contributed by atoms with Crippen LogP contribution in [0.25, 0.3) is 0 Å². The van der Waals surface area contributed by atoms with Crippen LogP contribution in [-0.4, -0.2) is 18.0 Å². The Labute approximate surface area is 86.0 Å². The molecule has 2 heteroatoms. The van der Waals surface area contributed by atoms with E-state index in [-0.39, 0.29) is 5.60 Å². The Kier molecular flexibility index (Phi) is 2.42. The minimum absolute atomic E-state index is 0.0646. The molecule has 0 atom stereocenters. The second-order valence-electron chi connectivity index (χ2n) is 5.66. The molecule has 2 fully saturated rings. The van der Waals surface area contributed by atoms with Crippen molar-refractivity contribution in [3.63, 3.8) is 0 Å². The minimum Gasteiger partial charge on any atom is -0.374 e. The largest absolute Gasteiger partial charge is 0.374 e. The number of ketones is 1. The number of Topliss-reactive ketones (excluding diaryl/α,β-unsaturated/α-hetero) is 1. The van der Waals surface area contributed by atoms with E-state index in [2.05, 4.69) is 13.8 Å². The zero-order chi connectivity index (χ0) is 10.2. The fourth-order valence-electron chi connectivity index (χ4n) is 2.58. The van der Waals surface area contributed by atoms with Gasteiger partial charge in [0.2, 0.25) is 0 Å². The molecule has 0 aromatic carbocycles. The molecule has 2 rings (SSSR count). The summed E-state index contributed by atoms with van der Waals surface area (Å²) in [4.78, 5) is 11.4. The summed E-state index contributed by atoms with van der Waals surface area (Å²) in [5, 5.41) is 0. The van der Waals surface area contributed by atoms with Gasteiger partial charge >= 0.3 is 0 Å². The maximum absolute atomic E-state index is 11.4. The molecule has 0 unspecified atom stereocenters. The monoisotopic (exact) mass is 196 g/mol. The fraction of sp³-hybridized carbons (Fsp3) is 0.917. The topological polar surface area (TPSA) is 26.3 Å². The van der Waals surface area contributed by atoms with Crippen molar-refractivity contribution in [1.29, 1.82) is 0 Å². The summed E-state index contributed by atoms with van der Waals surface area (Å²) in [5.74, 6) is 0.399. The number of hydrogen-bond acceptors (Lipinski definition) is 2. The van der Waals surface area contributed by atoms with Gasteiger partial charge in [-0.1, -0.05) is 13.8 Å². The first-order valence-corrected chi connectivity index (χ1v) is 5.67. The summed E-state index contributed by atoms with van der Waals surface area (Å²) in [7, 11) is 0. The van der Waals surface area contributed by atoms with Crippen molar-refractivity contribution in [2.75, 3.05) is 6.61 Å². The molecule has 1 saturated carbocycles. The lowest BCUT2D eigenvalue weighted by atomic mass is 9.69. The number of carbonyl (C=O) groups excluding carboxylic acids is 1. The minimum atomic E-state index is -0.0646. The maximum Gasteiger partial charge on any atom is 0.138 e.